The highest BCUT2D eigenvalue weighted by Crippen LogP contribution is 2.20. The molecule has 0 amide bonds. The normalized spacial score (nSPS) is 14.5. The van der Waals surface area contributed by atoms with E-state index in [1.807, 2.05) is 0 Å². The molecule has 0 rings (SSSR count). The van der Waals surface area contributed by atoms with Crippen LogP contribution in [0.25, 0.3) is 0 Å². The largest absolute Gasteiger partial charge is 0.315 e. The molecular formula is C12H27N. The monoisotopic (exact) mass is 185 g/mol. The summed E-state index contributed by atoms with van der Waals surface area (Å²) in [6, 6.07) is 0. The Bertz CT molecular complexity index is 118. The first-order chi connectivity index (χ1) is 6.02. The van der Waals surface area contributed by atoms with Crippen molar-refractivity contribution in [1.29, 1.82) is 0 Å². The molecule has 80 valence electrons. The fourth-order valence-electron chi connectivity index (χ4n) is 1.82. The Labute approximate surface area is 84.3 Å². The predicted octanol–water partition coefficient (Wildman–Crippen LogP) is 3.59. The van der Waals surface area contributed by atoms with Crippen LogP contribution in [0.4, 0.5) is 0 Å². The van der Waals surface area contributed by atoms with Gasteiger partial charge in [-0.2, -0.15) is 0 Å². The number of rotatable bonds is 7. The first kappa shape index (κ1) is 13.0. The average molecular weight is 185 g/mol. The lowest BCUT2D eigenvalue weighted by atomic mass is 9.88. The predicted molar refractivity (Wildman–Crippen MR) is 61.1 cm³/mol. The van der Waals surface area contributed by atoms with Crippen molar-refractivity contribution in [3.8, 4) is 0 Å². The Morgan fingerprint density at radius 2 is 1.85 bits per heavy atom. The molecule has 0 aliphatic heterocycles. The highest BCUT2D eigenvalue weighted by atomic mass is 14.9. The van der Waals surface area contributed by atoms with E-state index in [1.54, 1.807) is 0 Å². The number of hydrogen-bond donors (Lipinski definition) is 1. The number of unbranched alkanes of at least 4 members (excludes halogenated alkanes) is 2. The summed E-state index contributed by atoms with van der Waals surface area (Å²) in [5.41, 5.74) is 0.311. The van der Waals surface area contributed by atoms with Crippen molar-refractivity contribution >= 4 is 0 Å². The van der Waals surface area contributed by atoms with Crippen LogP contribution < -0.4 is 5.32 Å². The molecule has 1 atom stereocenters. The molecular weight excluding hydrogens is 158 g/mol. The van der Waals surface area contributed by atoms with E-state index in [4.69, 9.17) is 0 Å². The standard InChI is InChI=1S/C12H27N/c1-6-7-8-9-11(2)10-12(3,4)13-5/h11,13H,6-10H2,1-5H3. The van der Waals surface area contributed by atoms with Crippen LogP contribution in [0.1, 0.15) is 59.8 Å². The summed E-state index contributed by atoms with van der Waals surface area (Å²) in [5.74, 6) is 0.856. The lowest BCUT2D eigenvalue weighted by Gasteiger charge is -2.27. The third kappa shape index (κ3) is 7.06. The molecule has 0 heterocycles. The molecule has 0 fully saturated rings. The van der Waals surface area contributed by atoms with Crippen LogP contribution in [-0.2, 0) is 0 Å². The maximum atomic E-state index is 3.36. The molecule has 1 unspecified atom stereocenters. The van der Waals surface area contributed by atoms with Crippen molar-refractivity contribution in [2.24, 2.45) is 5.92 Å². The summed E-state index contributed by atoms with van der Waals surface area (Å²) in [6.07, 6.45) is 6.80. The van der Waals surface area contributed by atoms with Gasteiger partial charge in [0, 0.05) is 5.54 Å². The summed E-state index contributed by atoms with van der Waals surface area (Å²) < 4.78 is 0. The molecule has 0 saturated heterocycles. The molecule has 1 heteroatoms. The minimum Gasteiger partial charge on any atom is -0.315 e. The Morgan fingerprint density at radius 1 is 1.23 bits per heavy atom. The van der Waals surface area contributed by atoms with Gasteiger partial charge in [0.15, 0.2) is 0 Å². The van der Waals surface area contributed by atoms with Crippen molar-refractivity contribution in [3.63, 3.8) is 0 Å². The average Bonchev–Trinajstić information content (AvgIpc) is 2.04. The zero-order valence-electron chi connectivity index (χ0n) is 10.1. The van der Waals surface area contributed by atoms with E-state index >= 15 is 0 Å². The minimum absolute atomic E-state index is 0.311. The second-order valence-corrected chi connectivity index (χ2v) is 4.94. The molecule has 0 bridgehead atoms. The number of hydrogen-bond acceptors (Lipinski definition) is 1. The molecule has 0 aromatic carbocycles. The van der Waals surface area contributed by atoms with E-state index < -0.39 is 0 Å². The van der Waals surface area contributed by atoms with Gasteiger partial charge in [0.2, 0.25) is 0 Å². The van der Waals surface area contributed by atoms with Crippen molar-refractivity contribution in [2.45, 2.75) is 65.3 Å². The second kappa shape index (κ2) is 6.42. The van der Waals surface area contributed by atoms with Crippen LogP contribution in [0.3, 0.4) is 0 Å². The van der Waals surface area contributed by atoms with Crippen molar-refractivity contribution in [1.82, 2.24) is 5.32 Å². The second-order valence-electron chi connectivity index (χ2n) is 4.94. The molecule has 0 aliphatic carbocycles. The quantitative estimate of drug-likeness (QED) is 0.598. The van der Waals surface area contributed by atoms with Crippen LogP contribution in [0, 0.1) is 5.92 Å². The van der Waals surface area contributed by atoms with E-state index in [-0.39, 0.29) is 0 Å². The first-order valence-corrected chi connectivity index (χ1v) is 5.70. The minimum atomic E-state index is 0.311. The van der Waals surface area contributed by atoms with Crippen LogP contribution in [0.2, 0.25) is 0 Å². The van der Waals surface area contributed by atoms with Gasteiger partial charge in [0.25, 0.3) is 0 Å². The van der Waals surface area contributed by atoms with Crippen molar-refractivity contribution < 1.29 is 0 Å². The molecule has 1 N–H and O–H groups in total. The zero-order chi connectivity index (χ0) is 10.3. The third-order valence-corrected chi connectivity index (χ3v) is 2.84. The van der Waals surface area contributed by atoms with Crippen molar-refractivity contribution in [2.75, 3.05) is 7.05 Å². The van der Waals surface area contributed by atoms with Gasteiger partial charge in [-0.25, -0.2) is 0 Å². The van der Waals surface area contributed by atoms with Gasteiger partial charge in [0.05, 0.1) is 0 Å². The summed E-state index contributed by atoms with van der Waals surface area (Å²) in [7, 11) is 2.05. The van der Waals surface area contributed by atoms with Crippen LogP contribution in [0.5, 0.6) is 0 Å². The highest BCUT2D eigenvalue weighted by molar-refractivity contribution is 4.77. The number of nitrogens with one attached hydrogen (secondary N) is 1. The van der Waals surface area contributed by atoms with E-state index in [2.05, 4.69) is 40.1 Å². The molecule has 0 radical (unpaired) electrons. The molecule has 0 spiro atoms. The van der Waals surface area contributed by atoms with Crippen molar-refractivity contribution in [3.05, 3.63) is 0 Å². The van der Waals surface area contributed by atoms with Gasteiger partial charge in [-0.1, -0.05) is 39.5 Å². The van der Waals surface area contributed by atoms with Crippen LogP contribution in [0.15, 0.2) is 0 Å². The Kier molecular flexibility index (Phi) is 6.40. The van der Waals surface area contributed by atoms with Gasteiger partial charge in [-0.05, 0) is 33.2 Å². The zero-order valence-corrected chi connectivity index (χ0v) is 10.1. The molecule has 0 aromatic rings. The molecule has 0 aliphatic rings. The summed E-state index contributed by atoms with van der Waals surface area (Å²) >= 11 is 0. The van der Waals surface area contributed by atoms with Crippen LogP contribution >= 0.6 is 0 Å². The maximum absolute atomic E-state index is 3.36. The SMILES string of the molecule is CCCCCC(C)CC(C)(C)NC. The lowest BCUT2D eigenvalue weighted by Crippen LogP contribution is -2.37. The Morgan fingerprint density at radius 3 is 2.31 bits per heavy atom. The van der Waals surface area contributed by atoms with Gasteiger partial charge in [-0.3, -0.25) is 0 Å². The molecule has 0 aromatic heterocycles. The molecule has 1 nitrogen and oxygen atoms in total. The summed E-state index contributed by atoms with van der Waals surface area (Å²) in [4.78, 5) is 0. The van der Waals surface area contributed by atoms with Gasteiger partial charge < -0.3 is 5.32 Å². The van der Waals surface area contributed by atoms with Crippen LogP contribution in [-0.4, -0.2) is 12.6 Å². The fraction of sp³-hybridized carbons (Fsp3) is 1.00. The van der Waals surface area contributed by atoms with E-state index in [9.17, 15) is 0 Å². The summed E-state index contributed by atoms with van der Waals surface area (Å²) in [6.45, 7) is 9.20. The van der Waals surface area contributed by atoms with E-state index in [0.29, 0.717) is 5.54 Å². The smallest absolute Gasteiger partial charge is 0.0124 e. The van der Waals surface area contributed by atoms with Gasteiger partial charge in [0.1, 0.15) is 0 Å². The maximum Gasteiger partial charge on any atom is 0.0124 e. The van der Waals surface area contributed by atoms with Gasteiger partial charge >= 0.3 is 0 Å². The summed E-state index contributed by atoms with van der Waals surface area (Å²) in [5, 5.41) is 3.36. The van der Waals surface area contributed by atoms with E-state index in [1.165, 1.54) is 32.1 Å². The molecule has 0 saturated carbocycles. The first-order valence-electron chi connectivity index (χ1n) is 5.70. The fourth-order valence-corrected chi connectivity index (χ4v) is 1.82. The molecule has 13 heavy (non-hydrogen) atoms. The van der Waals surface area contributed by atoms with E-state index in [0.717, 1.165) is 5.92 Å². The lowest BCUT2D eigenvalue weighted by molar-refractivity contribution is 0.311. The Hall–Kier alpha value is -0.0400. The Balaban J connectivity index is 3.55. The topological polar surface area (TPSA) is 12.0 Å². The third-order valence-electron chi connectivity index (χ3n) is 2.84. The highest BCUT2D eigenvalue weighted by Gasteiger charge is 2.17. The van der Waals surface area contributed by atoms with Gasteiger partial charge in [-0.15, -0.1) is 0 Å².